The lowest BCUT2D eigenvalue weighted by molar-refractivity contribution is 0.0300. The van der Waals surface area contributed by atoms with Gasteiger partial charge in [0.05, 0.1) is 5.60 Å². The smallest absolute Gasteiger partial charge is 0.0896 e. The van der Waals surface area contributed by atoms with E-state index in [9.17, 15) is 5.11 Å². The number of hydrogen-bond acceptors (Lipinski definition) is 1. The van der Waals surface area contributed by atoms with Crippen molar-refractivity contribution in [2.24, 2.45) is 5.92 Å². The standard InChI is InChI=1S/C14H22O/c1-4-6-13(7-5-2)14(15)10-8-12(3)9-11-14/h4-7,12,15H,1,8-11H2,2-3H3/b7-5-,13-6+. The van der Waals surface area contributed by atoms with Crippen LogP contribution >= 0.6 is 0 Å². The van der Waals surface area contributed by atoms with Gasteiger partial charge in [-0.15, -0.1) is 0 Å². The molecule has 0 aromatic rings. The zero-order valence-corrected chi connectivity index (χ0v) is 9.87. The molecule has 1 N–H and O–H groups in total. The average Bonchev–Trinajstić information content (AvgIpc) is 2.23. The Morgan fingerprint density at radius 2 is 2.00 bits per heavy atom. The predicted molar refractivity (Wildman–Crippen MR) is 65.7 cm³/mol. The molecule has 1 saturated carbocycles. The molecule has 0 spiro atoms. The highest BCUT2D eigenvalue weighted by Crippen LogP contribution is 2.37. The van der Waals surface area contributed by atoms with Crippen molar-refractivity contribution in [3.63, 3.8) is 0 Å². The maximum absolute atomic E-state index is 10.5. The van der Waals surface area contributed by atoms with Crippen molar-refractivity contribution < 1.29 is 5.11 Å². The van der Waals surface area contributed by atoms with Gasteiger partial charge in [-0.3, -0.25) is 0 Å². The molecule has 1 heteroatoms. The topological polar surface area (TPSA) is 20.2 Å². The van der Waals surface area contributed by atoms with Crippen LogP contribution in [-0.2, 0) is 0 Å². The van der Waals surface area contributed by atoms with Crippen LogP contribution in [0.3, 0.4) is 0 Å². The summed E-state index contributed by atoms with van der Waals surface area (Å²) in [6, 6.07) is 0. The van der Waals surface area contributed by atoms with Crippen LogP contribution in [0.4, 0.5) is 0 Å². The zero-order chi connectivity index (χ0) is 11.3. The Balaban J connectivity index is 2.82. The lowest BCUT2D eigenvalue weighted by Gasteiger charge is -2.36. The van der Waals surface area contributed by atoms with Crippen molar-refractivity contribution in [2.75, 3.05) is 0 Å². The van der Waals surface area contributed by atoms with Crippen LogP contribution in [0, 0.1) is 5.92 Å². The first-order valence-electron chi connectivity index (χ1n) is 5.80. The molecule has 0 bridgehead atoms. The van der Waals surface area contributed by atoms with Gasteiger partial charge in [0.15, 0.2) is 0 Å². The highest BCUT2D eigenvalue weighted by atomic mass is 16.3. The van der Waals surface area contributed by atoms with Crippen LogP contribution in [0.2, 0.25) is 0 Å². The van der Waals surface area contributed by atoms with Gasteiger partial charge in [0, 0.05) is 0 Å². The summed E-state index contributed by atoms with van der Waals surface area (Å²) in [5, 5.41) is 10.5. The van der Waals surface area contributed by atoms with Crippen molar-refractivity contribution in [1.82, 2.24) is 0 Å². The third kappa shape index (κ3) is 3.07. The molecule has 0 amide bonds. The zero-order valence-electron chi connectivity index (χ0n) is 9.87. The summed E-state index contributed by atoms with van der Waals surface area (Å²) in [6.45, 7) is 7.94. The van der Waals surface area contributed by atoms with Crippen LogP contribution in [0.15, 0.2) is 36.5 Å². The molecule has 0 unspecified atom stereocenters. The van der Waals surface area contributed by atoms with E-state index in [1.54, 1.807) is 6.08 Å². The predicted octanol–water partition coefficient (Wildman–Crippen LogP) is 3.62. The molecule has 0 aliphatic heterocycles. The van der Waals surface area contributed by atoms with E-state index in [1.165, 1.54) is 0 Å². The Morgan fingerprint density at radius 1 is 1.40 bits per heavy atom. The van der Waals surface area contributed by atoms with Crippen LogP contribution in [0.1, 0.15) is 39.5 Å². The molecule has 0 saturated heterocycles. The summed E-state index contributed by atoms with van der Waals surface area (Å²) >= 11 is 0. The van der Waals surface area contributed by atoms with Gasteiger partial charge in [0.1, 0.15) is 0 Å². The summed E-state index contributed by atoms with van der Waals surface area (Å²) in [7, 11) is 0. The average molecular weight is 206 g/mol. The molecule has 84 valence electrons. The van der Waals surface area contributed by atoms with E-state index in [2.05, 4.69) is 13.5 Å². The quantitative estimate of drug-likeness (QED) is 0.699. The Labute approximate surface area is 93.2 Å². The van der Waals surface area contributed by atoms with Gasteiger partial charge < -0.3 is 5.11 Å². The summed E-state index contributed by atoms with van der Waals surface area (Å²) in [5.74, 6) is 0.751. The molecular weight excluding hydrogens is 184 g/mol. The third-order valence-electron chi connectivity index (χ3n) is 3.28. The van der Waals surface area contributed by atoms with Crippen molar-refractivity contribution >= 4 is 0 Å². The molecule has 0 aromatic carbocycles. The summed E-state index contributed by atoms with van der Waals surface area (Å²) < 4.78 is 0. The first kappa shape index (κ1) is 12.3. The molecule has 15 heavy (non-hydrogen) atoms. The second kappa shape index (κ2) is 5.32. The molecule has 1 rings (SSSR count). The molecule has 1 aliphatic rings. The number of allylic oxidation sites excluding steroid dienone is 3. The minimum atomic E-state index is -0.618. The Hall–Kier alpha value is -0.820. The second-order valence-electron chi connectivity index (χ2n) is 4.57. The Bertz CT molecular complexity index is 265. The molecule has 0 atom stereocenters. The van der Waals surface area contributed by atoms with Gasteiger partial charge in [-0.1, -0.05) is 37.8 Å². The highest BCUT2D eigenvalue weighted by Gasteiger charge is 2.33. The summed E-state index contributed by atoms with van der Waals surface area (Å²) in [6.07, 6.45) is 11.6. The fraction of sp³-hybridized carbons (Fsp3) is 0.571. The van der Waals surface area contributed by atoms with Crippen molar-refractivity contribution in [1.29, 1.82) is 0 Å². The summed E-state index contributed by atoms with van der Waals surface area (Å²) in [4.78, 5) is 0. The van der Waals surface area contributed by atoms with Crippen molar-refractivity contribution in [3.8, 4) is 0 Å². The lowest BCUT2D eigenvalue weighted by atomic mass is 9.75. The number of aliphatic hydroxyl groups is 1. The Kier molecular flexibility index (Phi) is 4.34. The third-order valence-corrected chi connectivity index (χ3v) is 3.28. The fourth-order valence-corrected chi connectivity index (χ4v) is 2.20. The maximum atomic E-state index is 10.5. The second-order valence-corrected chi connectivity index (χ2v) is 4.57. The van der Waals surface area contributed by atoms with Crippen LogP contribution in [0.25, 0.3) is 0 Å². The van der Waals surface area contributed by atoms with E-state index < -0.39 is 5.60 Å². The highest BCUT2D eigenvalue weighted by molar-refractivity contribution is 5.32. The number of rotatable bonds is 3. The first-order chi connectivity index (χ1) is 7.12. The molecule has 1 nitrogen and oxygen atoms in total. The molecule has 0 aromatic heterocycles. The van der Waals surface area contributed by atoms with E-state index >= 15 is 0 Å². The monoisotopic (exact) mass is 206 g/mol. The SMILES string of the molecule is C=C/C=C(\C=C/C)C1(O)CCC(C)CC1. The van der Waals surface area contributed by atoms with E-state index in [0.717, 1.165) is 37.2 Å². The largest absolute Gasteiger partial charge is 0.385 e. The van der Waals surface area contributed by atoms with Crippen LogP contribution in [-0.4, -0.2) is 10.7 Å². The fourth-order valence-electron chi connectivity index (χ4n) is 2.20. The Morgan fingerprint density at radius 3 is 2.47 bits per heavy atom. The molecule has 1 fully saturated rings. The van der Waals surface area contributed by atoms with Gasteiger partial charge in [-0.05, 0) is 44.1 Å². The van der Waals surface area contributed by atoms with Gasteiger partial charge >= 0.3 is 0 Å². The molecule has 0 heterocycles. The minimum absolute atomic E-state index is 0.618. The van der Waals surface area contributed by atoms with E-state index in [-0.39, 0.29) is 0 Å². The number of hydrogen-bond donors (Lipinski definition) is 1. The van der Waals surface area contributed by atoms with Gasteiger partial charge in [0.2, 0.25) is 0 Å². The normalized spacial score (nSPS) is 33.3. The van der Waals surface area contributed by atoms with Crippen molar-refractivity contribution in [2.45, 2.75) is 45.1 Å². The van der Waals surface area contributed by atoms with E-state index in [4.69, 9.17) is 0 Å². The maximum Gasteiger partial charge on any atom is 0.0896 e. The lowest BCUT2D eigenvalue weighted by Crippen LogP contribution is -2.35. The van der Waals surface area contributed by atoms with Crippen molar-refractivity contribution in [3.05, 3.63) is 36.5 Å². The van der Waals surface area contributed by atoms with Crippen LogP contribution < -0.4 is 0 Å². The van der Waals surface area contributed by atoms with E-state index in [0.29, 0.717) is 0 Å². The molecule has 0 radical (unpaired) electrons. The van der Waals surface area contributed by atoms with E-state index in [1.807, 2.05) is 25.2 Å². The minimum Gasteiger partial charge on any atom is -0.385 e. The molecular formula is C14H22O. The van der Waals surface area contributed by atoms with Gasteiger partial charge in [0.25, 0.3) is 0 Å². The molecule has 1 aliphatic carbocycles. The van der Waals surface area contributed by atoms with Gasteiger partial charge in [-0.2, -0.15) is 0 Å². The van der Waals surface area contributed by atoms with Crippen LogP contribution in [0.5, 0.6) is 0 Å². The first-order valence-corrected chi connectivity index (χ1v) is 5.80. The summed E-state index contributed by atoms with van der Waals surface area (Å²) in [5.41, 5.74) is 0.389. The van der Waals surface area contributed by atoms with Gasteiger partial charge in [-0.25, -0.2) is 0 Å².